The van der Waals surface area contributed by atoms with Crippen LogP contribution in [0.4, 0.5) is 0 Å². The summed E-state index contributed by atoms with van der Waals surface area (Å²) in [5.74, 6) is 6.46. The number of nitriles is 1. The Morgan fingerprint density at radius 3 is 2.18 bits per heavy atom. The molecule has 0 aliphatic heterocycles. The van der Waals surface area contributed by atoms with Crippen LogP contribution < -0.4 is 0 Å². The van der Waals surface area contributed by atoms with Crippen molar-refractivity contribution in [3.63, 3.8) is 0 Å². The van der Waals surface area contributed by atoms with Gasteiger partial charge in [0.25, 0.3) is 0 Å². The molecule has 3 rings (SSSR count). The Hall–Kier alpha value is -3.03. The Balaban J connectivity index is 1.72. The molecule has 3 aromatic rings. The lowest BCUT2D eigenvalue weighted by Gasteiger charge is -1.99. The van der Waals surface area contributed by atoms with E-state index >= 15 is 0 Å². The molecule has 0 bridgehead atoms. The van der Waals surface area contributed by atoms with Gasteiger partial charge in [0.1, 0.15) is 0 Å². The van der Waals surface area contributed by atoms with Gasteiger partial charge in [0.15, 0.2) is 0 Å². The molecule has 0 atom stereocenters. The van der Waals surface area contributed by atoms with Gasteiger partial charge >= 0.3 is 0 Å². The van der Waals surface area contributed by atoms with E-state index in [0.29, 0.717) is 5.56 Å². The van der Waals surface area contributed by atoms with Crippen molar-refractivity contribution < 1.29 is 0 Å². The van der Waals surface area contributed by atoms with Crippen LogP contribution in [0.1, 0.15) is 23.1 Å². The first-order chi connectivity index (χ1) is 10.8. The Labute approximate surface area is 130 Å². The van der Waals surface area contributed by atoms with Crippen molar-refractivity contribution in [2.45, 2.75) is 12.8 Å². The predicted octanol–water partition coefficient (Wildman–Crippen LogP) is 4.70. The van der Waals surface area contributed by atoms with Crippen molar-refractivity contribution in [2.24, 2.45) is 0 Å². The van der Waals surface area contributed by atoms with Crippen LogP contribution in [-0.4, -0.2) is 0 Å². The summed E-state index contributed by atoms with van der Waals surface area (Å²) in [6.07, 6.45) is 1.84. The van der Waals surface area contributed by atoms with E-state index in [9.17, 15) is 0 Å². The predicted molar refractivity (Wildman–Crippen MR) is 90.3 cm³/mol. The summed E-state index contributed by atoms with van der Waals surface area (Å²) in [7, 11) is 0. The van der Waals surface area contributed by atoms with Gasteiger partial charge in [0, 0.05) is 12.0 Å². The molecule has 1 nitrogen and oxygen atoms in total. The topological polar surface area (TPSA) is 23.8 Å². The first-order valence-corrected chi connectivity index (χ1v) is 7.32. The molecule has 0 fully saturated rings. The van der Waals surface area contributed by atoms with Crippen molar-refractivity contribution in [3.05, 3.63) is 83.4 Å². The number of aryl methyl sites for hydroxylation is 1. The molecule has 0 aliphatic carbocycles. The van der Waals surface area contributed by atoms with Gasteiger partial charge in [0.05, 0.1) is 11.6 Å². The molecule has 3 aromatic carbocycles. The van der Waals surface area contributed by atoms with Gasteiger partial charge in [-0.15, -0.1) is 0 Å². The normalized spacial score (nSPS) is 9.77. The van der Waals surface area contributed by atoms with E-state index in [4.69, 9.17) is 5.26 Å². The molecule has 0 heterocycles. The molecule has 104 valence electrons. The van der Waals surface area contributed by atoms with Crippen molar-refractivity contribution in [1.82, 2.24) is 0 Å². The second kappa shape index (κ2) is 6.61. The first-order valence-electron chi connectivity index (χ1n) is 7.32. The Bertz CT molecular complexity index is 890. The molecule has 0 aliphatic rings. The van der Waals surface area contributed by atoms with Crippen LogP contribution in [0.25, 0.3) is 10.8 Å². The highest BCUT2D eigenvalue weighted by Crippen LogP contribution is 2.17. The van der Waals surface area contributed by atoms with E-state index in [2.05, 4.69) is 48.2 Å². The minimum absolute atomic E-state index is 0.689. The lowest BCUT2D eigenvalue weighted by atomic mass is 10.0. The van der Waals surface area contributed by atoms with Gasteiger partial charge < -0.3 is 0 Å². The number of rotatable bonds is 2. The number of hydrogen-bond donors (Lipinski definition) is 0. The molecule has 22 heavy (non-hydrogen) atoms. The van der Waals surface area contributed by atoms with Crippen LogP contribution in [0.5, 0.6) is 0 Å². The molecule has 0 aromatic heterocycles. The summed E-state index contributed by atoms with van der Waals surface area (Å²) in [5.41, 5.74) is 3.03. The van der Waals surface area contributed by atoms with Crippen molar-refractivity contribution in [1.29, 1.82) is 5.26 Å². The largest absolute Gasteiger partial charge is 0.192 e. The van der Waals surface area contributed by atoms with Crippen molar-refractivity contribution in [2.75, 3.05) is 0 Å². The average Bonchev–Trinajstić information content (AvgIpc) is 2.59. The molecule has 1 heteroatoms. The average molecular weight is 281 g/mol. The highest BCUT2D eigenvalue weighted by molar-refractivity contribution is 5.85. The molecule has 0 saturated carbocycles. The van der Waals surface area contributed by atoms with Gasteiger partial charge in [0.2, 0.25) is 0 Å². The van der Waals surface area contributed by atoms with E-state index in [1.54, 1.807) is 0 Å². The highest BCUT2D eigenvalue weighted by atomic mass is 14.2. The van der Waals surface area contributed by atoms with Crippen LogP contribution in [-0.2, 0) is 6.42 Å². The fourth-order valence-electron chi connectivity index (χ4n) is 2.41. The molecule has 0 N–H and O–H groups in total. The van der Waals surface area contributed by atoms with Crippen LogP contribution in [0.15, 0.2) is 66.7 Å². The monoisotopic (exact) mass is 281 g/mol. The lowest BCUT2D eigenvalue weighted by Crippen LogP contribution is -1.82. The Morgan fingerprint density at radius 2 is 1.45 bits per heavy atom. The van der Waals surface area contributed by atoms with Gasteiger partial charge in [-0.2, -0.15) is 5.26 Å². The molecule has 0 amide bonds. The minimum atomic E-state index is 0.689. The summed E-state index contributed by atoms with van der Waals surface area (Å²) in [6, 6.07) is 24.4. The van der Waals surface area contributed by atoms with Crippen LogP contribution in [0.3, 0.4) is 0 Å². The number of nitrogens with zero attached hydrogens (tertiary/aromatic N) is 1. The molecule has 0 spiro atoms. The second-order valence-corrected chi connectivity index (χ2v) is 5.18. The molecule has 0 saturated heterocycles. The van der Waals surface area contributed by atoms with E-state index in [-0.39, 0.29) is 0 Å². The summed E-state index contributed by atoms with van der Waals surface area (Å²) < 4.78 is 0. The minimum Gasteiger partial charge on any atom is -0.192 e. The maximum atomic E-state index is 8.92. The quantitative estimate of drug-likeness (QED) is 0.625. The number of benzene rings is 3. The summed E-state index contributed by atoms with van der Waals surface area (Å²) in [6.45, 7) is 0. The molecule has 0 radical (unpaired) electrons. The maximum Gasteiger partial charge on any atom is 0.0991 e. The van der Waals surface area contributed by atoms with Crippen LogP contribution in [0, 0.1) is 23.2 Å². The summed E-state index contributed by atoms with van der Waals surface area (Å²) in [4.78, 5) is 0. The van der Waals surface area contributed by atoms with Crippen molar-refractivity contribution in [3.8, 4) is 17.9 Å². The third-order valence-electron chi connectivity index (χ3n) is 3.58. The first kappa shape index (κ1) is 13.9. The van der Waals surface area contributed by atoms with E-state index in [1.165, 1.54) is 5.56 Å². The van der Waals surface area contributed by atoms with Crippen molar-refractivity contribution >= 4 is 10.8 Å². The summed E-state index contributed by atoms with van der Waals surface area (Å²) >= 11 is 0. The number of hydrogen-bond acceptors (Lipinski definition) is 1. The molecular formula is C21H15N. The van der Waals surface area contributed by atoms with Gasteiger partial charge in [-0.3, -0.25) is 0 Å². The zero-order valence-electron chi connectivity index (χ0n) is 12.2. The van der Waals surface area contributed by atoms with E-state index in [0.717, 1.165) is 29.2 Å². The van der Waals surface area contributed by atoms with Crippen LogP contribution >= 0.6 is 0 Å². The lowest BCUT2D eigenvalue weighted by molar-refractivity contribution is 1.03. The van der Waals surface area contributed by atoms with Gasteiger partial charge in [-0.05, 0) is 47.0 Å². The highest BCUT2D eigenvalue weighted by Gasteiger charge is 1.97. The number of fused-ring (bicyclic) bond motifs is 1. The molecule has 0 unspecified atom stereocenters. The smallest absolute Gasteiger partial charge is 0.0991 e. The zero-order chi connectivity index (χ0) is 15.2. The third-order valence-corrected chi connectivity index (χ3v) is 3.58. The Morgan fingerprint density at radius 1 is 0.773 bits per heavy atom. The van der Waals surface area contributed by atoms with E-state index in [1.807, 2.05) is 36.4 Å². The SMILES string of the molecule is N#Cc1ccc2cc(C#CCCc3ccccc3)ccc2c1. The van der Waals surface area contributed by atoms with E-state index < -0.39 is 0 Å². The van der Waals surface area contributed by atoms with Gasteiger partial charge in [-0.25, -0.2) is 0 Å². The summed E-state index contributed by atoms with van der Waals surface area (Å²) in [5, 5.41) is 11.1. The van der Waals surface area contributed by atoms with Gasteiger partial charge in [-0.1, -0.05) is 54.3 Å². The maximum absolute atomic E-state index is 8.92. The molecular weight excluding hydrogens is 266 g/mol. The fourth-order valence-corrected chi connectivity index (χ4v) is 2.41. The zero-order valence-corrected chi connectivity index (χ0v) is 12.2. The third kappa shape index (κ3) is 3.35. The van der Waals surface area contributed by atoms with Crippen LogP contribution in [0.2, 0.25) is 0 Å². The second-order valence-electron chi connectivity index (χ2n) is 5.18. The standard InChI is InChI=1S/C21H15N/c22-16-19-11-13-20-14-18(10-12-21(20)15-19)9-5-4-8-17-6-2-1-3-7-17/h1-3,6-7,10-15H,4,8H2. The Kier molecular flexibility index (Phi) is 4.19. The fraction of sp³-hybridized carbons (Fsp3) is 0.0952.